The summed E-state index contributed by atoms with van der Waals surface area (Å²) < 4.78 is 28.3. The Morgan fingerprint density at radius 3 is 2.43 bits per heavy atom. The predicted molar refractivity (Wildman–Crippen MR) is 111 cm³/mol. The molecule has 0 aliphatic rings. The van der Waals surface area contributed by atoms with Gasteiger partial charge in [0.25, 0.3) is 0 Å². The first-order chi connectivity index (χ1) is 13.3. The van der Waals surface area contributed by atoms with E-state index in [-0.39, 0.29) is 23.3 Å². The summed E-state index contributed by atoms with van der Waals surface area (Å²) in [6, 6.07) is 13.3. The zero-order valence-corrected chi connectivity index (χ0v) is 17.0. The number of amides is 1. The van der Waals surface area contributed by atoms with E-state index >= 15 is 0 Å². The molecule has 1 unspecified atom stereocenters. The van der Waals surface area contributed by atoms with E-state index < -0.39 is 16.1 Å². The number of aromatic amines is 1. The van der Waals surface area contributed by atoms with Crippen molar-refractivity contribution in [1.29, 1.82) is 0 Å². The number of benzene rings is 2. The summed E-state index contributed by atoms with van der Waals surface area (Å²) >= 11 is 0. The summed E-state index contributed by atoms with van der Waals surface area (Å²) in [5.41, 5.74) is 2.79. The number of fused-ring (bicyclic) bond motifs is 1. The lowest BCUT2D eigenvalue weighted by atomic mass is 10.0. The highest BCUT2D eigenvalue weighted by atomic mass is 32.2. The number of nitrogens with one attached hydrogen (secondary N) is 3. The molecule has 1 heterocycles. The maximum atomic E-state index is 12.8. The molecule has 1 aromatic heterocycles. The number of carbonyl (C=O) groups excluding carboxylic acids is 1. The van der Waals surface area contributed by atoms with Gasteiger partial charge in [-0.25, -0.2) is 8.42 Å². The van der Waals surface area contributed by atoms with E-state index in [1.807, 2.05) is 51.2 Å². The molecule has 6 nitrogen and oxygen atoms in total. The topological polar surface area (TPSA) is 91.1 Å². The number of hydrogen-bond donors (Lipinski definition) is 3. The molecule has 0 saturated carbocycles. The number of aromatic nitrogens is 1. The standard InChI is InChI=1S/C21H25N3O3S/c1-14(2)23-21(25)20(12-16-13-22-19-7-5-4-6-18(16)19)24-28(26,27)17-10-8-15(3)9-11-17/h4-11,13-14,20,22,24H,12H2,1-3H3,(H,23,25). The number of hydrogen-bond acceptors (Lipinski definition) is 3. The average Bonchev–Trinajstić information content (AvgIpc) is 3.04. The maximum Gasteiger partial charge on any atom is 0.241 e. The SMILES string of the molecule is Cc1ccc(S(=O)(=O)NC(Cc2c[nH]c3ccccc23)C(=O)NC(C)C)cc1. The van der Waals surface area contributed by atoms with Gasteiger partial charge >= 0.3 is 0 Å². The van der Waals surface area contributed by atoms with E-state index in [0.717, 1.165) is 22.0 Å². The van der Waals surface area contributed by atoms with Crippen LogP contribution in [0.5, 0.6) is 0 Å². The van der Waals surface area contributed by atoms with E-state index in [0.29, 0.717) is 0 Å². The summed E-state index contributed by atoms with van der Waals surface area (Å²) in [5.74, 6) is -0.351. The van der Waals surface area contributed by atoms with Crippen LogP contribution in [-0.4, -0.2) is 31.4 Å². The molecular weight excluding hydrogens is 374 g/mol. The molecule has 28 heavy (non-hydrogen) atoms. The van der Waals surface area contributed by atoms with E-state index in [1.165, 1.54) is 0 Å². The summed E-state index contributed by atoms with van der Waals surface area (Å²) in [4.78, 5) is 16.0. The first-order valence-corrected chi connectivity index (χ1v) is 10.7. The maximum absolute atomic E-state index is 12.8. The van der Waals surface area contributed by atoms with Gasteiger partial charge in [0.2, 0.25) is 15.9 Å². The molecule has 2 aromatic carbocycles. The predicted octanol–water partition coefficient (Wildman–Crippen LogP) is 2.89. The van der Waals surface area contributed by atoms with Crippen LogP contribution in [0.1, 0.15) is 25.0 Å². The Morgan fingerprint density at radius 2 is 1.75 bits per heavy atom. The zero-order chi connectivity index (χ0) is 20.3. The number of rotatable bonds is 7. The molecule has 0 aliphatic heterocycles. The summed E-state index contributed by atoms with van der Waals surface area (Å²) in [5, 5.41) is 3.78. The number of sulfonamides is 1. The number of H-pyrrole nitrogens is 1. The van der Waals surface area contributed by atoms with Crippen LogP contribution in [-0.2, 0) is 21.2 Å². The van der Waals surface area contributed by atoms with Gasteiger partial charge in [0.15, 0.2) is 0 Å². The monoisotopic (exact) mass is 399 g/mol. The Hall–Kier alpha value is -2.64. The lowest BCUT2D eigenvalue weighted by Crippen LogP contribution is -2.49. The molecule has 3 aromatic rings. The summed E-state index contributed by atoms with van der Waals surface area (Å²) in [6.07, 6.45) is 2.06. The van der Waals surface area contributed by atoms with Crippen molar-refractivity contribution in [2.24, 2.45) is 0 Å². The second-order valence-corrected chi connectivity index (χ2v) is 8.93. The van der Waals surface area contributed by atoms with Gasteiger partial charge in [-0.2, -0.15) is 4.72 Å². The van der Waals surface area contributed by atoms with Crippen LogP contribution < -0.4 is 10.0 Å². The highest BCUT2D eigenvalue weighted by Gasteiger charge is 2.27. The van der Waals surface area contributed by atoms with Gasteiger partial charge in [-0.05, 0) is 51.0 Å². The third-order valence-electron chi connectivity index (χ3n) is 4.48. The van der Waals surface area contributed by atoms with E-state index in [2.05, 4.69) is 15.0 Å². The summed E-state index contributed by atoms with van der Waals surface area (Å²) in [6.45, 7) is 5.57. The number of aryl methyl sites for hydroxylation is 1. The number of carbonyl (C=O) groups is 1. The normalized spacial score (nSPS) is 13.0. The molecule has 3 N–H and O–H groups in total. The Morgan fingerprint density at radius 1 is 1.07 bits per heavy atom. The van der Waals surface area contributed by atoms with Crippen LogP contribution in [0, 0.1) is 6.92 Å². The van der Waals surface area contributed by atoms with Crippen molar-refractivity contribution in [1.82, 2.24) is 15.0 Å². The van der Waals surface area contributed by atoms with Crippen LogP contribution in [0.15, 0.2) is 59.6 Å². The lowest BCUT2D eigenvalue weighted by molar-refractivity contribution is -0.123. The molecule has 148 valence electrons. The Labute approximate surface area is 165 Å². The molecular formula is C21H25N3O3S. The molecule has 0 fully saturated rings. The van der Waals surface area contributed by atoms with Gasteiger partial charge in [-0.3, -0.25) is 4.79 Å². The van der Waals surface area contributed by atoms with Crippen LogP contribution in [0.4, 0.5) is 0 Å². The molecule has 7 heteroatoms. The average molecular weight is 400 g/mol. The van der Waals surface area contributed by atoms with Crippen molar-refractivity contribution < 1.29 is 13.2 Å². The minimum Gasteiger partial charge on any atom is -0.361 e. The minimum absolute atomic E-state index is 0.0955. The van der Waals surface area contributed by atoms with Crippen molar-refractivity contribution in [2.75, 3.05) is 0 Å². The fraction of sp³-hybridized carbons (Fsp3) is 0.286. The van der Waals surface area contributed by atoms with Crippen molar-refractivity contribution in [3.8, 4) is 0 Å². The van der Waals surface area contributed by atoms with Crippen LogP contribution in [0.25, 0.3) is 10.9 Å². The third-order valence-corrected chi connectivity index (χ3v) is 5.96. The largest absolute Gasteiger partial charge is 0.361 e. The fourth-order valence-corrected chi connectivity index (χ4v) is 4.26. The quantitative estimate of drug-likeness (QED) is 0.570. The van der Waals surface area contributed by atoms with Gasteiger partial charge in [-0.1, -0.05) is 35.9 Å². The highest BCUT2D eigenvalue weighted by molar-refractivity contribution is 7.89. The fourth-order valence-electron chi connectivity index (χ4n) is 3.07. The van der Waals surface area contributed by atoms with Gasteiger partial charge in [0, 0.05) is 23.1 Å². The zero-order valence-electron chi connectivity index (χ0n) is 16.2. The minimum atomic E-state index is -3.83. The van der Waals surface area contributed by atoms with E-state index in [9.17, 15) is 13.2 Å². The summed E-state index contributed by atoms with van der Waals surface area (Å²) in [7, 11) is -3.83. The number of para-hydroxylation sites is 1. The Bertz CT molecular complexity index is 1070. The lowest BCUT2D eigenvalue weighted by Gasteiger charge is -2.20. The second-order valence-electron chi connectivity index (χ2n) is 7.21. The molecule has 0 saturated heterocycles. The highest BCUT2D eigenvalue weighted by Crippen LogP contribution is 2.20. The third kappa shape index (κ3) is 4.61. The van der Waals surface area contributed by atoms with E-state index in [1.54, 1.807) is 24.3 Å². The van der Waals surface area contributed by atoms with Gasteiger partial charge in [0.05, 0.1) is 4.90 Å². The van der Waals surface area contributed by atoms with Crippen molar-refractivity contribution >= 4 is 26.8 Å². The van der Waals surface area contributed by atoms with Crippen LogP contribution in [0.2, 0.25) is 0 Å². The van der Waals surface area contributed by atoms with Gasteiger partial charge < -0.3 is 10.3 Å². The van der Waals surface area contributed by atoms with Crippen LogP contribution >= 0.6 is 0 Å². The molecule has 1 atom stereocenters. The van der Waals surface area contributed by atoms with Crippen molar-refractivity contribution in [3.05, 3.63) is 65.9 Å². The molecule has 0 spiro atoms. The Balaban J connectivity index is 1.90. The first kappa shape index (κ1) is 20.1. The smallest absolute Gasteiger partial charge is 0.241 e. The molecule has 1 amide bonds. The molecule has 0 radical (unpaired) electrons. The molecule has 0 aliphatic carbocycles. The van der Waals surface area contributed by atoms with Crippen molar-refractivity contribution in [2.45, 2.75) is 44.2 Å². The Kier molecular flexibility index (Phi) is 5.86. The van der Waals surface area contributed by atoms with Gasteiger partial charge in [-0.15, -0.1) is 0 Å². The van der Waals surface area contributed by atoms with Crippen LogP contribution in [0.3, 0.4) is 0 Å². The second kappa shape index (κ2) is 8.16. The van der Waals surface area contributed by atoms with Gasteiger partial charge in [0.1, 0.15) is 6.04 Å². The molecule has 0 bridgehead atoms. The first-order valence-electron chi connectivity index (χ1n) is 9.20. The van der Waals surface area contributed by atoms with E-state index in [4.69, 9.17) is 0 Å². The molecule has 3 rings (SSSR count). The van der Waals surface area contributed by atoms with Crippen molar-refractivity contribution in [3.63, 3.8) is 0 Å².